The smallest absolute Gasteiger partial charge is 0.277 e. The Morgan fingerprint density at radius 3 is 2.75 bits per heavy atom. The molecule has 24 heavy (non-hydrogen) atoms. The van der Waals surface area contributed by atoms with E-state index in [4.69, 9.17) is 9.47 Å². The molecule has 0 heterocycles. The first-order chi connectivity index (χ1) is 11.5. The summed E-state index contributed by atoms with van der Waals surface area (Å²) in [5.74, 6) is 0.522. The summed E-state index contributed by atoms with van der Waals surface area (Å²) < 4.78 is 12.0. The average molecular weight is 458 g/mol. The Kier molecular flexibility index (Phi) is 6.62. The van der Waals surface area contributed by atoms with Gasteiger partial charge in [-0.2, -0.15) is 5.10 Å². The first-order valence-electron chi connectivity index (χ1n) is 6.76. The van der Waals surface area contributed by atoms with Crippen molar-refractivity contribution in [1.29, 1.82) is 0 Å². The molecule has 2 rings (SSSR count). The van der Waals surface area contributed by atoms with E-state index in [-0.39, 0.29) is 12.4 Å². The normalized spacial score (nSPS) is 10.6. The lowest BCUT2D eigenvalue weighted by atomic mass is 10.2. The summed E-state index contributed by atoms with van der Waals surface area (Å²) in [7, 11) is 1.45. The van der Waals surface area contributed by atoms with Crippen molar-refractivity contribution in [2.75, 3.05) is 13.7 Å². The molecule has 0 aliphatic carbocycles. The number of ether oxygens (including phenoxy) is 2. The molecule has 0 unspecified atom stereocenters. The number of amides is 1. The topological polar surface area (TPSA) is 80.2 Å². The first-order valence-corrected chi connectivity index (χ1v) is 8.35. The van der Waals surface area contributed by atoms with Crippen molar-refractivity contribution in [1.82, 2.24) is 5.43 Å². The fourth-order valence-corrected chi connectivity index (χ4v) is 2.88. The van der Waals surface area contributed by atoms with Gasteiger partial charge in [-0.15, -0.1) is 0 Å². The lowest BCUT2D eigenvalue weighted by molar-refractivity contribution is -0.123. The third-order valence-corrected chi connectivity index (χ3v) is 3.97. The minimum absolute atomic E-state index is 0.0344. The number of hydrogen-bond donors (Lipinski definition) is 2. The number of halogens is 2. The van der Waals surface area contributed by atoms with Crippen LogP contribution < -0.4 is 14.9 Å². The van der Waals surface area contributed by atoms with Crippen molar-refractivity contribution in [3.8, 4) is 17.2 Å². The Morgan fingerprint density at radius 1 is 1.25 bits per heavy atom. The summed E-state index contributed by atoms with van der Waals surface area (Å²) in [5, 5.41) is 13.3. The number of benzene rings is 2. The predicted octanol–water partition coefficient (Wildman–Crippen LogP) is 3.45. The summed E-state index contributed by atoms with van der Waals surface area (Å²) in [6.45, 7) is -0.170. The molecule has 1 amide bonds. The summed E-state index contributed by atoms with van der Waals surface area (Å²) in [5.41, 5.74) is 3.03. The van der Waals surface area contributed by atoms with E-state index in [1.807, 2.05) is 12.1 Å². The van der Waals surface area contributed by atoms with Crippen LogP contribution in [-0.4, -0.2) is 30.9 Å². The maximum Gasteiger partial charge on any atom is 0.277 e. The van der Waals surface area contributed by atoms with Gasteiger partial charge < -0.3 is 14.6 Å². The van der Waals surface area contributed by atoms with Crippen LogP contribution in [0, 0.1) is 0 Å². The van der Waals surface area contributed by atoms with Crippen LogP contribution in [0.25, 0.3) is 0 Å². The van der Waals surface area contributed by atoms with E-state index in [9.17, 15) is 9.90 Å². The lowest BCUT2D eigenvalue weighted by Crippen LogP contribution is -2.24. The zero-order valence-corrected chi connectivity index (χ0v) is 15.8. The molecule has 2 aromatic rings. The van der Waals surface area contributed by atoms with Gasteiger partial charge in [0, 0.05) is 4.47 Å². The quantitative estimate of drug-likeness (QED) is 0.514. The Morgan fingerprint density at radius 2 is 2.04 bits per heavy atom. The SMILES string of the molecule is COc1cc(/C=N/NC(=O)COc2ccc(Br)cc2Br)ccc1O. The highest BCUT2D eigenvalue weighted by Gasteiger charge is 2.05. The molecule has 0 saturated carbocycles. The van der Waals surface area contributed by atoms with E-state index in [2.05, 4.69) is 42.4 Å². The average Bonchev–Trinajstić information content (AvgIpc) is 2.55. The molecule has 0 aromatic heterocycles. The third-order valence-electron chi connectivity index (χ3n) is 2.86. The van der Waals surface area contributed by atoms with Gasteiger partial charge in [-0.05, 0) is 57.9 Å². The Bertz CT molecular complexity index is 766. The maximum absolute atomic E-state index is 11.7. The number of carbonyl (C=O) groups excluding carboxylic acids is 1. The maximum atomic E-state index is 11.7. The second-order valence-electron chi connectivity index (χ2n) is 4.59. The van der Waals surface area contributed by atoms with Crippen molar-refractivity contribution >= 4 is 44.0 Å². The van der Waals surface area contributed by atoms with Gasteiger partial charge in [0.05, 0.1) is 17.8 Å². The minimum Gasteiger partial charge on any atom is -0.504 e. The second-order valence-corrected chi connectivity index (χ2v) is 6.36. The number of phenols is 1. The van der Waals surface area contributed by atoms with E-state index in [0.717, 1.165) is 8.95 Å². The van der Waals surface area contributed by atoms with Crippen molar-refractivity contribution in [2.45, 2.75) is 0 Å². The molecule has 0 spiro atoms. The van der Waals surface area contributed by atoms with E-state index in [0.29, 0.717) is 17.1 Å². The number of methoxy groups -OCH3 is 1. The van der Waals surface area contributed by atoms with Crippen LogP contribution in [0.15, 0.2) is 50.4 Å². The first kappa shape index (κ1) is 18.3. The molecule has 0 aliphatic heterocycles. The lowest BCUT2D eigenvalue weighted by Gasteiger charge is -2.07. The Labute approximate surface area is 155 Å². The summed E-state index contributed by atoms with van der Waals surface area (Å²) in [4.78, 5) is 11.7. The molecule has 6 nitrogen and oxygen atoms in total. The Balaban J connectivity index is 1.86. The second kappa shape index (κ2) is 8.70. The van der Waals surface area contributed by atoms with Crippen LogP contribution in [0.5, 0.6) is 17.2 Å². The van der Waals surface area contributed by atoms with Crippen LogP contribution in [-0.2, 0) is 4.79 Å². The molecule has 0 bridgehead atoms. The summed E-state index contributed by atoms with van der Waals surface area (Å²) >= 11 is 6.69. The fourth-order valence-electron chi connectivity index (χ4n) is 1.72. The molecule has 0 aliphatic rings. The van der Waals surface area contributed by atoms with Crippen LogP contribution in [0.4, 0.5) is 0 Å². The van der Waals surface area contributed by atoms with E-state index in [1.54, 1.807) is 18.2 Å². The van der Waals surface area contributed by atoms with Crippen LogP contribution in [0.2, 0.25) is 0 Å². The third kappa shape index (κ3) is 5.24. The zero-order valence-electron chi connectivity index (χ0n) is 12.6. The summed E-state index contributed by atoms with van der Waals surface area (Å²) in [6.07, 6.45) is 1.44. The van der Waals surface area contributed by atoms with Gasteiger partial charge >= 0.3 is 0 Å². The molecule has 2 N–H and O–H groups in total. The van der Waals surface area contributed by atoms with Gasteiger partial charge in [0.1, 0.15) is 5.75 Å². The van der Waals surface area contributed by atoms with Crippen molar-refractivity contribution in [3.05, 3.63) is 50.9 Å². The highest BCUT2D eigenvalue weighted by atomic mass is 79.9. The van der Waals surface area contributed by atoms with Crippen LogP contribution in [0.3, 0.4) is 0 Å². The van der Waals surface area contributed by atoms with Crippen LogP contribution in [0.1, 0.15) is 5.56 Å². The molecular formula is C16H14Br2N2O4. The fraction of sp³-hybridized carbons (Fsp3) is 0.125. The number of phenolic OH excluding ortho intramolecular Hbond substituents is 1. The largest absolute Gasteiger partial charge is 0.504 e. The minimum atomic E-state index is -0.396. The van der Waals surface area contributed by atoms with Gasteiger partial charge in [0.2, 0.25) is 0 Å². The van der Waals surface area contributed by atoms with Gasteiger partial charge in [-0.25, -0.2) is 5.43 Å². The molecule has 126 valence electrons. The predicted molar refractivity (Wildman–Crippen MR) is 97.7 cm³/mol. The van der Waals surface area contributed by atoms with Gasteiger partial charge in [0.25, 0.3) is 5.91 Å². The highest BCUT2D eigenvalue weighted by molar-refractivity contribution is 9.11. The molecule has 0 atom stereocenters. The van der Waals surface area contributed by atoms with Crippen molar-refractivity contribution in [3.63, 3.8) is 0 Å². The summed E-state index contributed by atoms with van der Waals surface area (Å²) in [6, 6.07) is 10.1. The monoisotopic (exact) mass is 456 g/mol. The van der Waals surface area contributed by atoms with E-state index < -0.39 is 5.91 Å². The number of hydrazone groups is 1. The number of aromatic hydroxyl groups is 1. The van der Waals surface area contributed by atoms with Gasteiger partial charge in [-0.1, -0.05) is 15.9 Å². The molecule has 0 radical (unpaired) electrons. The van der Waals surface area contributed by atoms with Gasteiger partial charge in [0.15, 0.2) is 18.1 Å². The number of rotatable bonds is 6. The number of hydrogen-bond acceptors (Lipinski definition) is 5. The Hall–Kier alpha value is -2.06. The van der Waals surface area contributed by atoms with Crippen molar-refractivity contribution < 1.29 is 19.4 Å². The van der Waals surface area contributed by atoms with E-state index >= 15 is 0 Å². The molecule has 0 fully saturated rings. The van der Waals surface area contributed by atoms with E-state index in [1.165, 1.54) is 19.4 Å². The number of carbonyl (C=O) groups is 1. The molecule has 8 heteroatoms. The molecular weight excluding hydrogens is 444 g/mol. The number of nitrogens with zero attached hydrogens (tertiary/aromatic N) is 1. The van der Waals surface area contributed by atoms with Gasteiger partial charge in [-0.3, -0.25) is 4.79 Å². The molecule has 2 aromatic carbocycles. The highest BCUT2D eigenvalue weighted by Crippen LogP contribution is 2.28. The zero-order chi connectivity index (χ0) is 17.5. The number of nitrogens with one attached hydrogen (secondary N) is 1. The van der Waals surface area contributed by atoms with Crippen LogP contribution >= 0.6 is 31.9 Å². The molecule has 0 saturated heterocycles. The van der Waals surface area contributed by atoms with Crippen molar-refractivity contribution in [2.24, 2.45) is 5.10 Å². The standard InChI is InChI=1S/C16H14Br2N2O4/c1-23-15-6-10(2-4-13(15)21)8-19-20-16(22)9-24-14-5-3-11(17)7-12(14)18/h2-8,21H,9H2,1H3,(H,20,22)/b19-8+.